The Hall–Kier alpha value is -3.95. The number of benzene rings is 4. The molecule has 0 N–H and O–H groups in total. The highest BCUT2D eigenvalue weighted by Crippen LogP contribution is 2.45. The normalized spacial score (nSPS) is 15.4. The number of hydrogen-bond acceptors (Lipinski definition) is 3. The molecule has 0 aliphatic carbocycles. The van der Waals surface area contributed by atoms with Gasteiger partial charge in [-0.05, 0) is 48.9 Å². The Morgan fingerprint density at radius 3 is 1.94 bits per heavy atom. The molecule has 1 aliphatic rings. The highest BCUT2D eigenvalue weighted by molar-refractivity contribution is 6.30. The van der Waals surface area contributed by atoms with Gasteiger partial charge in [-0.25, -0.2) is 0 Å². The van der Waals surface area contributed by atoms with Gasteiger partial charge in [-0.15, -0.1) is 0 Å². The average Bonchev–Trinajstić information content (AvgIpc) is 3.13. The molecule has 1 atom stereocenters. The fourth-order valence-electron chi connectivity index (χ4n) is 5.26. The Labute approximate surface area is 217 Å². The summed E-state index contributed by atoms with van der Waals surface area (Å²) >= 11 is 6.31. The van der Waals surface area contributed by atoms with Gasteiger partial charge in [0.15, 0.2) is 0 Å². The molecule has 0 fully saturated rings. The molecule has 4 heteroatoms. The van der Waals surface area contributed by atoms with Crippen molar-refractivity contribution in [1.82, 2.24) is 0 Å². The smallest absolute Gasteiger partial charge is 0.139 e. The standard InChI is InChI=1S/C32H27ClN2O/c1-23-30-29(32(36-23)25-11-5-2-6-12-25)21-34(27-13-7-3-8-14-27)22-35(28-15-9-4-10-16-28)31(30)24-17-19-26(33)20-18-24/h2-20,31H,21-22H2,1H3. The minimum absolute atomic E-state index is 0.0328. The van der Waals surface area contributed by atoms with E-state index in [4.69, 9.17) is 16.0 Å². The highest BCUT2D eigenvalue weighted by atomic mass is 35.5. The zero-order valence-electron chi connectivity index (χ0n) is 20.1. The van der Waals surface area contributed by atoms with Gasteiger partial charge in [-0.3, -0.25) is 0 Å². The lowest BCUT2D eigenvalue weighted by Crippen LogP contribution is -2.38. The average molecular weight is 491 g/mol. The molecule has 0 saturated heterocycles. The SMILES string of the molecule is Cc1oc(-c2ccccc2)c2c1C(c1ccc(Cl)cc1)N(c1ccccc1)CN(c1ccccc1)C2. The second kappa shape index (κ2) is 9.60. The molecule has 0 saturated carbocycles. The molecule has 3 nitrogen and oxygen atoms in total. The van der Waals surface area contributed by atoms with E-state index in [1.807, 2.05) is 18.2 Å². The van der Waals surface area contributed by atoms with E-state index >= 15 is 0 Å². The van der Waals surface area contributed by atoms with Gasteiger partial charge in [-0.2, -0.15) is 0 Å². The van der Waals surface area contributed by atoms with Crippen LogP contribution in [0.3, 0.4) is 0 Å². The van der Waals surface area contributed by atoms with Crippen LogP contribution >= 0.6 is 11.6 Å². The van der Waals surface area contributed by atoms with E-state index in [0.29, 0.717) is 0 Å². The van der Waals surface area contributed by atoms with E-state index < -0.39 is 0 Å². The van der Waals surface area contributed by atoms with Crippen molar-refractivity contribution < 1.29 is 4.42 Å². The Bertz CT molecular complexity index is 1450. The van der Waals surface area contributed by atoms with Gasteiger partial charge in [0.05, 0.1) is 12.7 Å². The van der Waals surface area contributed by atoms with E-state index in [0.717, 1.165) is 41.0 Å². The highest BCUT2D eigenvalue weighted by Gasteiger charge is 2.36. The molecular formula is C32H27ClN2O. The van der Waals surface area contributed by atoms with Crippen molar-refractivity contribution in [2.24, 2.45) is 0 Å². The van der Waals surface area contributed by atoms with Gasteiger partial charge in [0, 0.05) is 39.6 Å². The summed E-state index contributed by atoms with van der Waals surface area (Å²) in [6.45, 7) is 3.56. The van der Waals surface area contributed by atoms with Crippen molar-refractivity contribution in [1.29, 1.82) is 0 Å². The lowest BCUT2D eigenvalue weighted by Gasteiger charge is -2.36. The predicted octanol–water partition coefficient (Wildman–Crippen LogP) is 8.48. The van der Waals surface area contributed by atoms with Gasteiger partial charge >= 0.3 is 0 Å². The first-order valence-electron chi connectivity index (χ1n) is 12.2. The molecule has 0 spiro atoms. The van der Waals surface area contributed by atoms with Crippen molar-refractivity contribution in [2.75, 3.05) is 16.5 Å². The zero-order valence-corrected chi connectivity index (χ0v) is 20.9. The third-order valence-corrected chi connectivity index (χ3v) is 7.17. The number of rotatable bonds is 4. The van der Waals surface area contributed by atoms with Crippen LogP contribution in [0.2, 0.25) is 5.02 Å². The van der Waals surface area contributed by atoms with E-state index in [1.165, 1.54) is 22.4 Å². The largest absolute Gasteiger partial charge is 0.461 e. The molecule has 1 aromatic heterocycles. The summed E-state index contributed by atoms with van der Waals surface area (Å²) < 4.78 is 6.57. The first kappa shape index (κ1) is 22.5. The molecule has 0 radical (unpaired) electrons. The Kier molecular flexibility index (Phi) is 6.00. The lowest BCUT2D eigenvalue weighted by atomic mass is 9.92. The van der Waals surface area contributed by atoms with Crippen LogP contribution in [-0.2, 0) is 6.54 Å². The molecular weight excluding hydrogens is 464 g/mol. The minimum atomic E-state index is -0.0328. The van der Waals surface area contributed by atoms with Crippen LogP contribution in [0, 0.1) is 6.92 Å². The monoisotopic (exact) mass is 490 g/mol. The first-order chi connectivity index (χ1) is 17.7. The number of halogens is 1. The number of furan rings is 1. The van der Waals surface area contributed by atoms with Gasteiger partial charge < -0.3 is 14.2 Å². The molecule has 36 heavy (non-hydrogen) atoms. The molecule has 178 valence electrons. The van der Waals surface area contributed by atoms with Crippen LogP contribution in [0.5, 0.6) is 0 Å². The maximum absolute atomic E-state index is 6.57. The summed E-state index contributed by atoms with van der Waals surface area (Å²) in [6.07, 6.45) is 0. The summed E-state index contributed by atoms with van der Waals surface area (Å²) in [4.78, 5) is 4.91. The predicted molar refractivity (Wildman–Crippen MR) is 149 cm³/mol. The van der Waals surface area contributed by atoms with Crippen molar-refractivity contribution in [3.8, 4) is 11.3 Å². The Morgan fingerprint density at radius 1 is 0.722 bits per heavy atom. The quantitative estimate of drug-likeness (QED) is 0.252. The van der Waals surface area contributed by atoms with Gasteiger partial charge in [0.1, 0.15) is 11.5 Å². The summed E-state index contributed by atoms with van der Waals surface area (Å²) in [5, 5.41) is 0.735. The molecule has 2 heterocycles. The summed E-state index contributed by atoms with van der Waals surface area (Å²) in [6, 6.07) is 39.9. The third kappa shape index (κ3) is 4.16. The topological polar surface area (TPSA) is 19.6 Å². The van der Waals surface area contributed by atoms with E-state index in [2.05, 4.69) is 114 Å². The van der Waals surface area contributed by atoms with E-state index in [1.54, 1.807) is 0 Å². The number of anilines is 2. The fraction of sp³-hybridized carbons (Fsp3) is 0.125. The first-order valence-corrected chi connectivity index (χ1v) is 12.6. The van der Waals surface area contributed by atoms with Crippen molar-refractivity contribution >= 4 is 23.0 Å². The molecule has 0 bridgehead atoms. The Balaban J connectivity index is 1.61. The number of fused-ring (bicyclic) bond motifs is 1. The summed E-state index contributed by atoms with van der Waals surface area (Å²) in [7, 11) is 0. The van der Waals surface area contributed by atoms with Crippen LogP contribution < -0.4 is 9.80 Å². The van der Waals surface area contributed by atoms with Crippen LogP contribution in [0.25, 0.3) is 11.3 Å². The van der Waals surface area contributed by atoms with E-state index in [-0.39, 0.29) is 6.04 Å². The van der Waals surface area contributed by atoms with Crippen LogP contribution in [0.1, 0.15) is 28.5 Å². The third-order valence-electron chi connectivity index (χ3n) is 6.92. The molecule has 0 amide bonds. The maximum atomic E-state index is 6.57. The van der Waals surface area contributed by atoms with Crippen LogP contribution in [-0.4, -0.2) is 6.67 Å². The van der Waals surface area contributed by atoms with Crippen molar-refractivity contribution in [2.45, 2.75) is 19.5 Å². The molecule has 1 unspecified atom stereocenters. The lowest BCUT2D eigenvalue weighted by molar-refractivity contribution is 0.534. The molecule has 1 aliphatic heterocycles. The second-order valence-electron chi connectivity index (χ2n) is 9.18. The zero-order chi connectivity index (χ0) is 24.5. The molecule has 4 aromatic carbocycles. The molecule has 5 aromatic rings. The maximum Gasteiger partial charge on any atom is 0.139 e. The van der Waals surface area contributed by atoms with E-state index in [9.17, 15) is 0 Å². The van der Waals surface area contributed by atoms with Gasteiger partial charge in [-0.1, -0.05) is 90.5 Å². The number of aryl methyl sites for hydroxylation is 1. The number of para-hydroxylation sites is 2. The van der Waals surface area contributed by atoms with Gasteiger partial charge in [0.2, 0.25) is 0 Å². The minimum Gasteiger partial charge on any atom is -0.461 e. The Morgan fingerprint density at radius 2 is 1.31 bits per heavy atom. The van der Waals surface area contributed by atoms with Crippen molar-refractivity contribution in [3.63, 3.8) is 0 Å². The van der Waals surface area contributed by atoms with Crippen LogP contribution in [0.4, 0.5) is 11.4 Å². The second-order valence-corrected chi connectivity index (χ2v) is 9.62. The number of nitrogens with zero attached hydrogens (tertiary/aromatic N) is 2. The van der Waals surface area contributed by atoms with Crippen molar-refractivity contribution in [3.05, 3.63) is 143 Å². The van der Waals surface area contributed by atoms with Crippen LogP contribution in [0.15, 0.2) is 120 Å². The number of hydrogen-bond donors (Lipinski definition) is 0. The summed E-state index contributed by atoms with van der Waals surface area (Å²) in [5.74, 6) is 1.89. The summed E-state index contributed by atoms with van der Waals surface area (Å²) in [5.41, 5.74) is 7.06. The van der Waals surface area contributed by atoms with Gasteiger partial charge in [0.25, 0.3) is 0 Å². The fourth-order valence-corrected chi connectivity index (χ4v) is 5.38. The molecule has 6 rings (SSSR count).